The zero-order chi connectivity index (χ0) is 23.6. The maximum atomic E-state index is 13.0. The molecule has 0 fully saturated rings. The Labute approximate surface area is 198 Å². The number of anilines is 3. The molecule has 0 atom stereocenters. The molecule has 0 saturated heterocycles. The van der Waals surface area contributed by atoms with Crippen molar-refractivity contribution in [3.05, 3.63) is 83.4 Å². The lowest BCUT2D eigenvalue weighted by Gasteiger charge is -2.24. The summed E-state index contributed by atoms with van der Waals surface area (Å²) in [5, 5.41) is 9.02. The van der Waals surface area contributed by atoms with E-state index in [1.807, 2.05) is 43.3 Å². The molecule has 4 amide bonds. The average molecular weight is 467 g/mol. The van der Waals surface area contributed by atoms with E-state index < -0.39 is 0 Å². The van der Waals surface area contributed by atoms with E-state index in [1.54, 1.807) is 48.4 Å². The van der Waals surface area contributed by atoms with Gasteiger partial charge in [-0.15, -0.1) is 0 Å². The molecule has 0 heterocycles. The zero-order valence-electron chi connectivity index (χ0n) is 18.6. The molecular formula is C25H27ClN4O3. The minimum Gasteiger partial charge on any atom is -0.497 e. The molecule has 3 aromatic rings. The van der Waals surface area contributed by atoms with Crippen LogP contribution in [0.5, 0.6) is 5.75 Å². The molecule has 0 aromatic heterocycles. The van der Waals surface area contributed by atoms with Crippen molar-refractivity contribution in [2.45, 2.75) is 13.3 Å². The molecular weight excluding hydrogens is 440 g/mol. The minimum absolute atomic E-state index is 0.293. The quantitative estimate of drug-likeness (QED) is 0.361. The summed E-state index contributed by atoms with van der Waals surface area (Å²) in [6.07, 6.45) is 0.552. The molecule has 3 N–H and O–H groups in total. The monoisotopic (exact) mass is 466 g/mol. The lowest BCUT2D eigenvalue weighted by atomic mass is 10.2. The summed E-state index contributed by atoms with van der Waals surface area (Å²) in [5.41, 5.74) is 3.15. The Balaban J connectivity index is 1.59. The maximum Gasteiger partial charge on any atom is 0.326 e. The first kappa shape index (κ1) is 23.9. The Kier molecular flexibility index (Phi) is 8.55. The van der Waals surface area contributed by atoms with Gasteiger partial charge >= 0.3 is 12.1 Å². The summed E-state index contributed by atoms with van der Waals surface area (Å²) in [4.78, 5) is 26.8. The van der Waals surface area contributed by atoms with Crippen LogP contribution < -0.4 is 25.6 Å². The van der Waals surface area contributed by atoms with E-state index in [9.17, 15) is 9.59 Å². The number of rotatable bonds is 8. The minimum atomic E-state index is -0.299. The first-order chi connectivity index (χ1) is 15.9. The van der Waals surface area contributed by atoms with Crippen molar-refractivity contribution in [1.82, 2.24) is 5.32 Å². The fourth-order valence-electron chi connectivity index (χ4n) is 3.12. The molecule has 3 rings (SSSR count). The Morgan fingerprint density at radius 3 is 2.33 bits per heavy atom. The van der Waals surface area contributed by atoms with E-state index in [1.165, 1.54) is 0 Å². The van der Waals surface area contributed by atoms with Gasteiger partial charge in [0.2, 0.25) is 0 Å². The standard InChI is InChI=1S/C25H27ClN4O3/c1-18-7-9-20(10-8-18)28-24(31)27-15-4-16-30(22-11-13-23(33-2)14-12-22)25(32)29-21-6-3-5-19(26)17-21/h3,5-14,17H,4,15-16H2,1-2H3,(H,29,32)(H2,27,28,31). The third-order valence-corrected chi connectivity index (χ3v) is 5.09. The van der Waals surface area contributed by atoms with Gasteiger partial charge in [-0.3, -0.25) is 4.90 Å². The molecule has 7 nitrogen and oxygen atoms in total. The summed E-state index contributed by atoms with van der Waals surface area (Å²) < 4.78 is 5.21. The number of ether oxygens (including phenoxy) is 1. The lowest BCUT2D eigenvalue weighted by molar-refractivity contribution is 0.252. The highest BCUT2D eigenvalue weighted by atomic mass is 35.5. The fourth-order valence-corrected chi connectivity index (χ4v) is 3.31. The highest BCUT2D eigenvalue weighted by Gasteiger charge is 2.16. The normalized spacial score (nSPS) is 10.3. The number of nitrogens with one attached hydrogen (secondary N) is 3. The number of aryl methyl sites for hydroxylation is 1. The SMILES string of the molecule is COc1ccc(N(CCCNC(=O)Nc2ccc(C)cc2)C(=O)Nc2cccc(Cl)c2)cc1. The van der Waals surface area contributed by atoms with Crippen molar-refractivity contribution < 1.29 is 14.3 Å². The summed E-state index contributed by atoms with van der Waals surface area (Å²) in [6.45, 7) is 2.78. The fraction of sp³-hybridized carbons (Fsp3) is 0.200. The number of nitrogens with zero attached hydrogens (tertiary/aromatic N) is 1. The van der Waals surface area contributed by atoms with Gasteiger partial charge in [0.1, 0.15) is 5.75 Å². The van der Waals surface area contributed by atoms with E-state index in [4.69, 9.17) is 16.3 Å². The second-order valence-electron chi connectivity index (χ2n) is 7.39. The second kappa shape index (κ2) is 11.8. The van der Waals surface area contributed by atoms with Crippen LogP contribution in [0.3, 0.4) is 0 Å². The van der Waals surface area contributed by atoms with Crippen LogP contribution in [-0.2, 0) is 0 Å². The number of hydrogen-bond donors (Lipinski definition) is 3. The van der Waals surface area contributed by atoms with Gasteiger partial charge in [0.15, 0.2) is 0 Å². The van der Waals surface area contributed by atoms with Crippen molar-refractivity contribution in [2.24, 2.45) is 0 Å². The summed E-state index contributed by atoms with van der Waals surface area (Å²) in [5.74, 6) is 0.698. The number of halogens is 1. The van der Waals surface area contributed by atoms with Crippen molar-refractivity contribution >= 4 is 40.7 Å². The van der Waals surface area contributed by atoms with Crippen LogP contribution in [0.4, 0.5) is 26.7 Å². The topological polar surface area (TPSA) is 82.7 Å². The maximum absolute atomic E-state index is 13.0. The lowest BCUT2D eigenvalue weighted by Crippen LogP contribution is -2.38. The van der Waals surface area contributed by atoms with Gasteiger partial charge in [-0.25, -0.2) is 9.59 Å². The van der Waals surface area contributed by atoms with Gasteiger partial charge in [0.05, 0.1) is 7.11 Å². The molecule has 0 aliphatic carbocycles. The van der Waals surface area contributed by atoms with Crippen LogP contribution in [0.25, 0.3) is 0 Å². The van der Waals surface area contributed by atoms with Crippen LogP contribution in [0.15, 0.2) is 72.8 Å². The Morgan fingerprint density at radius 1 is 0.939 bits per heavy atom. The van der Waals surface area contributed by atoms with Crippen molar-refractivity contribution in [1.29, 1.82) is 0 Å². The highest BCUT2D eigenvalue weighted by Crippen LogP contribution is 2.22. The Bertz CT molecular complexity index is 1070. The second-order valence-corrected chi connectivity index (χ2v) is 7.83. The van der Waals surface area contributed by atoms with Crippen LogP contribution in [0.2, 0.25) is 5.02 Å². The molecule has 0 aliphatic rings. The van der Waals surface area contributed by atoms with Crippen LogP contribution in [0, 0.1) is 6.92 Å². The van der Waals surface area contributed by atoms with Gasteiger partial charge in [-0.2, -0.15) is 0 Å². The predicted molar refractivity (Wildman–Crippen MR) is 134 cm³/mol. The summed E-state index contributed by atoms with van der Waals surface area (Å²) in [6, 6.07) is 21.1. The molecule has 3 aromatic carbocycles. The first-order valence-electron chi connectivity index (χ1n) is 10.5. The molecule has 172 valence electrons. The van der Waals surface area contributed by atoms with E-state index in [-0.39, 0.29) is 12.1 Å². The number of benzene rings is 3. The first-order valence-corrected chi connectivity index (χ1v) is 10.9. The summed E-state index contributed by atoms with van der Waals surface area (Å²) in [7, 11) is 1.59. The van der Waals surface area contributed by atoms with Gasteiger partial charge in [0, 0.05) is 35.2 Å². The highest BCUT2D eigenvalue weighted by molar-refractivity contribution is 6.30. The molecule has 0 aliphatic heterocycles. The average Bonchev–Trinajstić information content (AvgIpc) is 2.80. The van der Waals surface area contributed by atoms with Gasteiger partial charge in [-0.1, -0.05) is 35.4 Å². The number of urea groups is 2. The molecule has 33 heavy (non-hydrogen) atoms. The van der Waals surface area contributed by atoms with E-state index >= 15 is 0 Å². The smallest absolute Gasteiger partial charge is 0.326 e. The number of carbonyl (C=O) groups is 2. The van der Waals surface area contributed by atoms with Crippen molar-refractivity contribution in [3.8, 4) is 5.75 Å². The van der Waals surface area contributed by atoms with Gasteiger partial charge in [0.25, 0.3) is 0 Å². The van der Waals surface area contributed by atoms with Crippen LogP contribution in [0.1, 0.15) is 12.0 Å². The molecule has 0 bridgehead atoms. The number of carbonyl (C=O) groups excluding carboxylic acids is 2. The third-order valence-electron chi connectivity index (χ3n) is 4.86. The molecule has 0 spiro atoms. The van der Waals surface area contributed by atoms with E-state index in [0.29, 0.717) is 41.7 Å². The molecule has 0 saturated carbocycles. The molecule has 8 heteroatoms. The number of amides is 4. The third kappa shape index (κ3) is 7.43. The van der Waals surface area contributed by atoms with Gasteiger partial charge < -0.3 is 20.7 Å². The Morgan fingerprint density at radius 2 is 1.67 bits per heavy atom. The van der Waals surface area contributed by atoms with Crippen LogP contribution in [-0.4, -0.2) is 32.3 Å². The van der Waals surface area contributed by atoms with E-state index in [0.717, 1.165) is 11.3 Å². The van der Waals surface area contributed by atoms with Crippen LogP contribution >= 0.6 is 11.6 Å². The zero-order valence-corrected chi connectivity index (χ0v) is 19.4. The van der Waals surface area contributed by atoms with E-state index in [2.05, 4.69) is 16.0 Å². The number of methoxy groups -OCH3 is 1. The van der Waals surface area contributed by atoms with Gasteiger partial charge in [-0.05, 0) is 67.9 Å². The largest absolute Gasteiger partial charge is 0.497 e. The molecule has 0 radical (unpaired) electrons. The number of hydrogen-bond acceptors (Lipinski definition) is 3. The van der Waals surface area contributed by atoms with Crippen molar-refractivity contribution in [3.63, 3.8) is 0 Å². The Hall–Kier alpha value is -3.71. The predicted octanol–water partition coefficient (Wildman–Crippen LogP) is 5.91. The summed E-state index contributed by atoms with van der Waals surface area (Å²) >= 11 is 6.03. The van der Waals surface area contributed by atoms with Crippen molar-refractivity contribution in [2.75, 3.05) is 35.7 Å². The molecule has 0 unspecified atom stereocenters.